The monoisotopic (exact) mass is 367 g/mol. The predicted octanol–water partition coefficient (Wildman–Crippen LogP) is 5.42. The first-order chi connectivity index (χ1) is 11.1. The molecule has 0 aliphatic carbocycles. The molecular formula is C16H15Cl2N3O3. The van der Waals surface area contributed by atoms with Crippen LogP contribution in [0.3, 0.4) is 0 Å². The van der Waals surface area contributed by atoms with Gasteiger partial charge in [0.1, 0.15) is 11.5 Å². The Bertz CT molecular complexity index is 967. The van der Waals surface area contributed by atoms with Crippen LogP contribution < -0.4 is 0 Å². The second kappa shape index (κ2) is 5.50. The lowest BCUT2D eigenvalue weighted by Gasteiger charge is -2.13. The highest BCUT2D eigenvalue weighted by Gasteiger charge is 2.36. The predicted molar refractivity (Wildman–Crippen MR) is 93.0 cm³/mol. The number of aromatic nitrogens is 2. The molecule has 0 bridgehead atoms. The van der Waals surface area contributed by atoms with Gasteiger partial charge in [-0.2, -0.15) is 9.61 Å². The van der Waals surface area contributed by atoms with Crippen LogP contribution in [-0.4, -0.2) is 14.5 Å². The van der Waals surface area contributed by atoms with Gasteiger partial charge >= 0.3 is 11.4 Å². The average molecular weight is 368 g/mol. The van der Waals surface area contributed by atoms with Crippen LogP contribution in [0.1, 0.15) is 32.2 Å². The first kappa shape index (κ1) is 16.8. The van der Waals surface area contributed by atoms with Crippen molar-refractivity contribution in [1.29, 1.82) is 0 Å². The molecule has 0 saturated heterocycles. The zero-order chi connectivity index (χ0) is 17.8. The summed E-state index contributed by atoms with van der Waals surface area (Å²) in [6, 6.07) is 5.05. The highest BCUT2D eigenvalue weighted by atomic mass is 35.5. The third kappa shape index (κ3) is 2.56. The van der Waals surface area contributed by atoms with Gasteiger partial charge in [-0.1, -0.05) is 44.0 Å². The molecule has 0 aliphatic rings. The number of halogens is 2. The summed E-state index contributed by atoms with van der Waals surface area (Å²) in [6.07, 6.45) is 0. The van der Waals surface area contributed by atoms with Crippen LogP contribution in [0, 0.1) is 17.0 Å². The summed E-state index contributed by atoms with van der Waals surface area (Å²) >= 11 is 12.2. The fraction of sp³-hybridized carbons (Fsp3) is 0.312. The van der Waals surface area contributed by atoms with Crippen molar-refractivity contribution in [3.63, 3.8) is 0 Å². The maximum Gasteiger partial charge on any atom is 0.354 e. The Morgan fingerprint density at radius 2 is 1.96 bits per heavy atom. The smallest absolute Gasteiger partial charge is 0.354 e. The van der Waals surface area contributed by atoms with Gasteiger partial charge in [-0.25, -0.2) is 0 Å². The van der Waals surface area contributed by atoms with Crippen LogP contribution >= 0.6 is 23.2 Å². The number of hydrogen-bond acceptors (Lipinski definition) is 4. The number of hydrogen-bond donors (Lipinski definition) is 0. The fourth-order valence-electron chi connectivity index (χ4n) is 2.64. The van der Waals surface area contributed by atoms with Gasteiger partial charge in [-0.05, 0) is 25.1 Å². The van der Waals surface area contributed by atoms with Crippen LogP contribution in [0.2, 0.25) is 10.0 Å². The molecule has 3 aromatic rings. The molecule has 2 heterocycles. The van der Waals surface area contributed by atoms with E-state index in [1.54, 1.807) is 25.1 Å². The van der Waals surface area contributed by atoms with E-state index in [1.165, 1.54) is 4.52 Å². The SMILES string of the molecule is Cc1oc2c([N+](=O)[O-])c(C(C)(C)C)nn2c1-c1ccc(Cl)cc1Cl. The van der Waals surface area contributed by atoms with E-state index in [0.29, 0.717) is 32.8 Å². The third-order valence-electron chi connectivity index (χ3n) is 3.69. The van der Waals surface area contributed by atoms with Crippen molar-refractivity contribution >= 4 is 34.6 Å². The minimum atomic E-state index is -0.508. The summed E-state index contributed by atoms with van der Waals surface area (Å²) in [4.78, 5) is 11.1. The van der Waals surface area contributed by atoms with Crippen molar-refractivity contribution in [2.24, 2.45) is 0 Å². The molecule has 3 rings (SSSR count). The first-order valence-corrected chi connectivity index (χ1v) is 7.99. The molecule has 0 fully saturated rings. The van der Waals surface area contributed by atoms with Crippen LogP contribution in [0.5, 0.6) is 0 Å². The largest absolute Gasteiger partial charge is 0.436 e. The molecule has 0 N–H and O–H groups in total. The Labute approximate surface area is 148 Å². The Morgan fingerprint density at radius 3 is 2.50 bits per heavy atom. The third-order valence-corrected chi connectivity index (χ3v) is 4.24. The summed E-state index contributed by atoms with van der Waals surface area (Å²) < 4.78 is 7.12. The lowest BCUT2D eigenvalue weighted by molar-refractivity contribution is -0.384. The summed E-state index contributed by atoms with van der Waals surface area (Å²) in [6.45, 7) is 7.31. The molecule has 2 aromatic heterocycles. The number of aryl methyl sites for hydroxylation is 1. The van der Waals surface area contributed by atoms with E-state index >= 15 is 0 Å². The van der Waals surface area contributed by atoms with Gasteiger partial charge in [0.15, 0.2) is 5.69 Å². The zero-order valence-electron chi connectivity index (χ0n) is 13.6. The van der Waals surface area contributed by atoms with E-state index < -0.39 is 10.3 Å². The number of oxazole rings is 1. The lowest BCUT2D eigenvalue weighted by atomic mass is 9.91. The van der Waals surface area contributed by atoms with Crippen LogP contribution in [-0.2, 0) is 5.41 Å². The van der Waals surface area contributed by atoms with E-state index in [-0.39, 0.29) is 11.4 Å². The summed E-state index contributed by atoms with van der Waals surface area (Å²) in [5.74, 6) is 0.491. The van der Waals surface area contributed by atoms with E-state index in [9.17, 15) is 10.1 Å². The summed E-state index contributed by atoms with van der Waals surface area (Å²) in [5.41, 5.74) is 1.05. The van der Waals surface area contributed by atoms with Crippen LogP contribution in [0.15, 0.2) is 22.6 Å². The summed E-state index contributed by atoms with van der Waals surface area (Å²) in [5, 5.41) is 16.9. The molecule has 126 valence electrons. The molecule has 0 spiro atoms. The summed E-state index contributed by atoms with van der Waals surface area (Å²) in [7, 11) is 0. The number of nitrogens with zero attached hydrogens (tertiary/aromatic N) is 3. The van der Waals surface area contributed by atoms with Gasteiger partial charge in [0.25, 0.3) is 0 Å². The molecule has 0 radical (unpaired) electrons. The van der Waals surface area contributed by atoms with E-state index in [0.717, 1.165) is 0 Å². The standard InChI is InChI=1S/C16H15Cl2N3O3/c1-8-12(10-6-5-9(17)7-11(10)18)20-15(24-8)13(21(22)23)14(19-20)16(2,3)4/h5-7H,1-4H3. The Morgan fingerprint density at radius 1 is 1.29 bits per heavy atom. The average Bonchev–Trinajstić information content (AvgIpc) is 2.94. The van der Waals surface area contributed by atoms with Crippen molar-refractivity contribution in [3.8, 4) is 11.3 Å². The molecule has 8 heteroatoms. The van der Waals surface area contributed by atoms with Crippen molar-refractivity contribution in [3.05, 3.63) is 49.8 Å². The maximum atomic E-state index is 11.6. The van der Waals surface area contributed by atoms with Crippen LogP contribution in [0.25, 0.3) is 17.0 Å². The normalized spacial score (nSPS) is 12.1. The number of nitro groups is 1. The van der Waals surface area contributed by atoms with Gasteiger partial charge in [0.05, 0.1) is 9.95 Å². The van der Waals surface area contributed by atoms with Gasteiger partial charge in [-0.15, -0.1) is 0 Å². The fourth-order valence-corrected chi connectivity index (χ4v) is 3.13. The number of rotatable bonds is 2. The molecule has 0 aliphatic heterocycles. The van der Waals surface area contributed by atoms with Crippen molar-refractivity contribution in [2.45, 2.75) is 33.1 Å². The van der Waals surface area contributed by atoms with E-state index in [1.807, 2.05) is 20.8 Å². The molecule has 24 heavy (non-hydrogen) atoms. The molecule has 6 nitrogen and oxygen atoms in total. The Balaban J connectivity index is 2.39. The quantitative estimate of drug-likeness (QED) is 0.447. The lowest BCUT2D eigenvalue weighted by Crippen LogP contribution is -2.14. The molecular weight excluding hydrogens is 353 g/mol. The first-order valence-electron chi connectivity index (χ1n) is 7.23. The maximum absolute atomic E-state index is 11.6. The van der Waals surface area contributed by atoms with Crippen LogP contribution in [0.4, 0.5) is 5.69 Å². The molecule has 0 saturated carbocycles. The highest BCUT2D eigenvalue weighted by molar-refractivity contribution is 6.36. The van der Waals surface area contributed by atoms with Crippen molar-refractivity contribution < 1.29 is 9.34 Å². The van der Waals surface area contributed by atoms with Crippen molar-refractivity contribution in [2.75, 3.05) is 0 Å². The second-order valence-electron chi connectivity index (χ2n) is 6.55. The van der Waals surface area contributed by atoms with E-state index in [4.69, 9.17) is 27.6 Å². The number of fused-ring (bicyclic) bond motifs is 1. The Kier molecular flexibility index (Phi) is 3.85. The van der Waals surface area contributed by atoms with E-state index in [2.05, 4.69) is 5.10 Å². The molecule has 1 aromatic carbocycles. The minimum absolute atomic E-state index is 0.100. The molecule has 0 atom stereocenters. The second-order valence-corrected chi connectivity index (χ2v) is 7.40. The van der Waals surface area contributed by atoms with Gasteiger partial charge < -0.3 is 4.42 Å². The van der Waals surface area contributed by atoms with Crippen molar-refractivity contribution in [1.82, 2.24) is 9.61 Å². The number of benzene rings is 1. The van der Waals surface area contributed by atoms with Gasteiger partial charge in [-0.3, -0.25) is 10.1 Å². The molecule has 0 amide bonds. The highest BCUT2D eigenvalue weighted by Crippen LogP contribution is 2.40. The Hall–Kier alpha value is -2.05. The van der Waals surface area contributed by atoms with Gasteiger partial charge in [0, 0.05) is 16.0 Å². The minimum Gasteiger partial charge on any atom is -0.436 e. The topological polar surface area (TPSA) is 73.6 Å². The van der Waals surface area contributed by atoms with Gasteiger partial charge in [0.2, 0.25) is 0 Å². The zero-order valence-corrected chi connectivity index (χ0v) is 15.1. The molecule has 0 unspecified atom stereocenters.